The number of hydrogen-bond donors (Lipinski definition) is 0. The van der Waals surface area contributed by atoms with Crippen LogP contribution in [0.4, 0.5) is 0 Å². The highest BCUT2D eigenvalue weighted by Gasteiger charge is 2.61. The van der Waals surface area contributed by atoms with Crippen molar-refractivity contribution in [1.82, 2.24) is 9.55 Å². The van der Waals surface area contributed by atoms with Gasteiger partial charge in [-0.25, -0.2) is 4.98 Å². The van der Waals surface area contributed by atoms with Crippen LogP contribution in [0.25, 0.3) is 11.0 Å². The van der Waals surface area contributed by atoms with Gasteiger partial charge in [0, 0.05) is 5.75 Å². The second kappa shape index (κ2) is 6.58. The molecule has 1 fully saturated rings. The Labute approximate surface area is 155 Å². The minimum Gasteiger partial charge on any atom is -0.274 e. The van der Waals surface area contributed by atoms with Crippen LogP contribution in [0, 0.1) is 17.3 Å². The number of carbonyl (C=O) groups is 1. The summed E-state index contributed by atoms with van der Waals surface area (Å²) in [7, 11) is 0. The zero-order chi connectivity index (χ0) is 17.5. The summed E-state index contributed by atoms with van der Waals surface area (Å²) in [6.45, 7) is 7.86. The number of fused-ring (bicyclic) bond motifs is 1. The third-order valence-electron chi connectivity index (χ3n) is 4.56. The second-order valence-electron chi connectivity index (χ2n) is 6.44. The molecule has 126 valence electrons. The van der Waals surface area contributed by atoms with Crippen molar-refractivity contribution < 1.29 is 4.79 Å². The highest BCUT2D eigenvalue weighted by molar-refractivity contribution is 7.99. The van der Waals surface area contributed by atoms with Crippen molar-refractivity contribution in [2.45, 2.75) is 19.0 Å². The molecule has 2 atom stereocenters. The number of allylic oxidation sites excluding steroid dienone is 1. The highest BCUT2D eigenvalue weighted by atomic mass is 35.5. The molecule has 1 heterocycles. The second-order valence-corrected chi connectivity index (χ2v) is 8.43. The summed E-state index contributed by atoms with van der Waals surface area (Å²) < 4.78 is 1.94. The van der Waals surface area contributed by atoms with Crippen molar-refractivity contribution in [3.63, 3.8) is 0 Å². The summed E-state index contributed by atoms with van der Waals surface area (Å²) in [5, 5.41) is 0.698. The molecule has 1 aliphatic carbocycles. The number of rotatable bonds is 5. The minimum absolute atomic E-state index is 0.0356. The van der Waals surface area contributed by atoms with Crippen LogP contribution in [0.15, 0.2) is 52.6 Å². The van der Waals surface area contributed by atoms with E-state index in [2.05, 4.69) is 25.4 Å². The fourth-order valence-electron chi connectivity index (χ4n) is 3.18. The van der Waals surface area contributed by atoms with Crippen LogP contribution in [0.1, 0.15) is 18.6 Å². The molecule has 0 N–H and O–H groups in total. The molecule has 0 spiro atoms. The Bertz CT molecular complexity index is 837. The summed E-state index contributed by atoms with van der Waals surface area (Å²) in [6, 6.07) is 7.68. The van der Waals surface area contributed by atoms with Crippen molar-refractivity contribution in [3.8, 4) is 0 Å². The van der Waals surface area contributed by atoms with Crippen molar-refractivity contribution >= 4 is 51.9 Å². The molecule has 1 aromatic heterocycles. The van der Waals surface area contributed by atoms with E-state index in [-0.39, 0.29) is 27.6 Å². The predicted octanol–water partition coefficient (Wildman–Crippen LogP) is 5.55. The van der Waals surface area contributed by atoms with Crippen molar-refractivity contribution in [1.29, 1.82) is 0 Å². The van der Waals surface area contributed by atoms with Gasteiger partial charge in [-0.05, 0) is 29.5 Å². The standard InChI is InChI=1S/C18H18Cl2N2OS/c1-4-9-24-17-21-12-7-5-6-8-13(12)22(17)16(23)15-11(10-14(19)20)18(15,2)3/h4-8,10-11,15H,1,9H2,2-3H3/t11-,15+/m0/s1. The quantitative estimate of drug-likeness (QED) is 0.503. The maximum atomic E-state index is 13.2. The number of halogens is 2. The zero-order valence-electron chi connectivity index (χ0n) is 13.5. The molecule has 3 rings (SSSR count). The lowest BCUT2D eigenvalue weighted by Crippen LogP contribution is -2.17. The molecule has 0 radical (unpaired) electrons. The van der Waals surface area contributed by atoms with Crippen LogP contribution in [0.5, 0.6) is 0 Å². The lowest BCUT2D eigenvalue weighted by Gasteiger charge is -2.08. The van der Waals surface area contributed by atoms with Gasteiger partial charge in [-0.1, -0.05) is 67.0 Å². The Hall–Kier alpha value is -1.23. The summed E-state index contributed by atoms with van der Waals surface area (Å²) in [4.78, 5) is 17.8. The van der Waals surface area contributed by atoms with E-state index in [0.717, 1.165) is 11.0 Å². The van der Waals surface area contributed by atoms with Gasteiger partial charge < -0.3 is 0 Å². The Balaban J connectivity index is 2.03. The molecule has 0 bridgehead atoms. The number of benzene rings is 1. The molecule has 3 nitrogen and oxygen atoms in total. The van der Waals surface area contributed by atoms with E-state index in [1.807, 2.05) is 24.3 Å². The number of aromatic nitrogens is 2. The maximum Gasteiger partial charge on any atom is 0.237 e. The van der Waals surface area contributed by atoms with Gasteiger partial charge in [0.05, 0.1) is 17.0 Å². The first-order valence-electron chi connectivity index (χ1n) is 7.66. The Kier molecular flexibility index (Phi) is 4.82. The minimum atomic E-state index is -0.169. The van der Waals surface area contributed by atoms with E-state index < -0.39 is 0 Å². The zero-order valence-corrected chi connectivity index (χ0v) is 15.8. The van der Waals surface area contributed by atoms with Crippen molar-refractivity contribution in [3.05, 3.63) is 47.5 Å². The number of imidazole rings is 1. The summed E-state index contributed by atoms with van der Waals surface area (Å²) in [5.74, 6) is 0.608. The van der Waals surface area contributed by atoms with Crippen LogP contribution >= 0.6 is 35.0 Å². The summed E-state index contributed by atoms with van der Waals surface area (Å²) >= 11 is 13.1. The fraction of sp³-hybridized carbons (Fsp3) is 0.333. The van der Waals surface area contributed by atoms with Gasteiger partial charge >= 0.3 is 0 Å². The monoisotopic (exact) mass is 380 g/mol. The first kappa shape index (κ1) is 17.6. The molecular weight excluding hydrogens is 363 g/mol. The maximum absolute atomic E-state index is 13.2. The molecule has 0 unspecified atom stereocenters. The number of hydrogen-bond acceptors (Lipinski definition) is 3. The van der Waals surface area contributed by atoms with E-state index in [0.29, 0.717) is 10.9 Å². The van der Waals surface area contributed by atoms with Gasteiger partial charge in [0.15, 0.2) is 5.16 Å². The third-order valence-corrected chi connectivity index (χ3v) is 5.75. The average molecular weight is 381 g/mol. The van der Waals surface area contributed by atoms with Gasteiger partial charge in [-0.3, -0.25) is 9.36 Å². The molecule has 0 saturated heterocycles. The Morgan fingerprint density at radius 1 is 1.42 bits per heavy atom. The highest BCUT2D eigenvalue weighted by Crippen LogP contribution is 2.60. The van der Waals surface area contributed by atoms with Crippen LogP contribution in [-0.4, -0.2) is 21.2 Å². The van der Waals surface area contributed by atoms with Gasteiger partial charge in [0.25, 0.3) is 0 Å². The molecular formula is C18H18Cl2N2OS. The van der Waals surface area contributed by atoms with Gasteiger partial charge in [-0.2, -0.15) is 0 Å². The first-order valence-corrected chi connectivity index (χ1v) is 9.40. The van der Waals surface area contributed by atoms with Crippen LogP contribution in [0.2, 0.25) is 0 Å². The number of nitrogens with zero attached hydrogens (tertiary/aromatic N) is 2. The Morgan fingerprint density at radius 2 is 2.12 bits per heavy atom. The van der Waals surface area contributed by atoms with E-state index in [1.54, 1.807) is 16.7 Å². The lowest BCUT2D eigenvalue weighted by molar-refractivity contribution is 0.0863. The predicted molar refractivity (Wildman–Crippen MR) is 102 cm³/mol. The fourth-order valence-corrected chi connectivity index (χ4v) is 4.20. The summed E-state index contributed by atoms with van der Waals surface area (Å²) in [6.07, 6.45) is 3.57. The van der Waals surface area contributed by atoms with Crippen molar-refractivity contribution in [2.75, 3.05) is 5.75 Å². The normalized spacial score (nSPS) is 21.5. The van der Waals surface area contributed by atoms with E-state index in [4.69, 9.17) is 23.2 Å². The number of para-hydroxylation sites is 2. The topological polar surface area (TPSA) is 34.9 Å². The lowest BCUT2D eigenvalue weighted by atomic mass is 10.1. The first-order chi connectivity index (χ1) is 11.4. The molecule has 6 heteroatoms. The molecule has 0 aliphatic heterocycles. The van der Waals surface area contributed by atoms with Gasteiger partial charge in [0.2, 0.25) is 5.91 Å². The molecule has 1 aliphatic rings. The average Bonchev–Trinajstić information content (AvgIpc) is 2.90. The van der Waals surface area contributed by atoms with Crippen LogP contribution in [0.3, 0.4) is 0 Å². The van der Waals surface area contributed by atoms with Gasteiger partial charge in [0.1, 0.15) is 4.49 Å². The molecule has 1 aromatic carbocycles. The summed E-state index contributed by atoms with van der Waals surface area (Å²) in [5.41, 5.74) is 1.48. The molecule has 1 saturated carbocycles. The Morgan fingerprint density at radius 3 is 2.79 bits per heavy atom. The smallest absolute Gasteiger partial charge is 0.237 e. The van der Waals surface area contributed by atoms with E-state index in [1.165, 1.54) is 11.8 Å². The van der Waals surface area contributed by atoms with Crippen molar-refractivity contribution in [2.24, 2.45) is 17.3 Å². The van der Waals surface area contributed by atoms with E-state index in [9.17, 15) is 4.79 Å². The third kappa shape index (κ3) is 3.03. The van der Waals surface area contributed by atoms with Gasteiger partial charge in [-0.15, -0.1) is 6.58 Å². The van der Waals surface area contributed by atoms with E-state index >= 15 is 0 Å². The SMILES string of the molecule is C=CCSc1nc2ccccc2n1C(=O)[C@H]1[C@H](C=C(Cl)Cl)C1(C)C. The number of carbonyl (C=O) groups excluding carboxylic acids is 1. The molecule has 24 heavy (non-hydrogen) atoms. The number of thioether (sulfide) groups is 1. The largest absolute Gasteiger partial charge is 0.274 e. The molecule has 2 aromatic rings. The molecule has 0 amide bonds. The van der Waals surface area contributed by atoms with Crippen LogP contribution < -0.4 is 0 Å². The van der Waals surface area contributed by atoms with Crippen LogP contribution in [-0.2, 0) is 0 Å².